The molecule has 0 radical (unpaired) electrons. The number of benzene rings is 3. The Morgan fingerprint density at radius 2 is 1.70 bits per heavy atom. The Hall–Kier alpha value is -3.37. The molecule has 1 aromatic heterocycles. The lowest BCUT2D eigenvalue weighted by molar-refractivity contribution is -0.123. The van der Waals surface area contributed by atoms with E-state index in [0.29, 0.717) is 4.91 Å². The van der Waals surface area contributed by atoms with Gasteiger partial charge in [0, 0.05) is 26.2 Å². The van der Waals surface area contributed by atoms with Crippen LogP contribution in [0.3, 0.4) is 0 Å². The lowest BCUT2D eigenvalue weighted by Gasteiger charge is -2.15. The lowest BCUT2D eigenvalue weighted by Crippen LogP contribution is -2.29. The number of nitrogens with one attached hydrogen (secondary N) is 1. The maximum absolute atomic E-state index is 13.1. The zero-order valence-corrected chi connectivity index (χ0v) is 23.0. The van der Waals surface area contributed by atoms with Crippen molar-refractivity contribution in [2.24, 2.45) is 0 Å². The van der Waals surface area contributed by atoms with Crippen molar-refractivity contribution < 1.29 is 14.4 Å². The fourth-order valence-corrected chi connectivity index (χ4v) is 5.53. The van der Waals surface area contributed by atoms with Crippen molar-refractivity contribution in [2.45, 2.75) is 26.1 Å². The number of carbonyl (C=O) groups excluding carboxylic acids is 3. The molecule has 1 N–H and O–H groups in total. The predicted octanol–water partition coefficient (Wildman–Crippen LogP) is 6.36. The van der Waals surface area contributed by atoms with Crippen LogP contribution in [0.4, 0.5) is 4.79 Å². The maximum atomic E-state index is 13.1. The first-order valence-electron chi connectivity index (χ1n) is 11.8. The highest BCUT2D eigenvalue weighted by atomic mass is 127. The van der Waals surface area contributed by atoms with E-state index in [9.17, 15) is 14.4 Å². The summed E-state index contributed by atoms with van der Waals surface area (Å²) in [6.07, 6.45) is 3.62. The molecule has 5 rings (SSSR count). The number of fused-ring (bicyclic) bond motifs is 1. The van der Waals surface area contributed by atoms with Gasteiger partial charge in [0.05, 0.1) is 17.5 Å². The van der Waals surface area contributed by atoms with Crippen LogP contribution in [-0.4, -0.2) is 26.5 Å². The van der Waals surface area contributed by atoms with E-state index in [0.717, 1.165) is 42.9 Å². The number of halogens is 1. The summed E-state index contributed by atoms with van der Waals surface area (Å²) in [5.41, 5.74) is 3.61. The minimum atomic E-state index is -0.306. The number of imide groups is 1. The molecule has 0 spiro atoms. The van der Waals surface area contributed by atoms with Crippen molar-refractivity contribution in [1.29, 1.82) is 0 Å². The van der Waals surface area contributed by atoms with Gasteiger partial charge in [0.15, 0.2) is 0 Å². The molecule has 1 fully saturated rings. The molecule has 1 aliphatic heterocycles. The maximum Gasteiger partial charge on any atom is 0.293 e. The number of carbonyl (C=O) groups is 3. The molecule has 0 saturated carbocycles. The van der Waals surface area contributed by atoms with Crippen molar-refractivity contribution in [1.82, 2.24) is 14.8 Å². The second-order valence-electron chi connectivity index (χ2n) is 8.82. The Labute approximate surface area is 232 Å². The lowest BCUT2D eigenvalue weighted by atomic mass is 10.1. The van der Waals surface area contributed by atoms with Gasteiger partial charge in [-0.05, 0) is 76.7 Å². The summed E-state index contributed by atoms with van der Waals surface area (Å²) >= 11 is 3.17. The van der Waals surface area contributed by atoms with Crippen LogP contribution in [0.5, 0.6) is 0 Å². The first-order valence-corrected chi connectivity index (χ1v) is 13.7. The summed E-state index contributed by atoms with van der Waals surface area (Å²) in [4.78, 5) is 40.3. The molecule has 2 heterocycles. The number of rotatable bonds is 7. The van der Waals surface area contributed by atoms with Gasteiger partial charge in [-0.1, -0.05) is 60.7 Å². The van der Waals surface area contributed by atoms with Gasteiger partial charge in [-0.25, -0.2) is 0 Å². The Bertz CT molecular complexity index is 1510. The molecule has 6 nitrogen and oxygen atoms in total. The van der Waals surface area contributed by atoms with Gasteiger partial charge in [0.1, 0.15) is 6.54 Å². The van der Waals surface area contributed by atoms with E-state index in [2.05, 4.69) is 27.9 Å². The summed E-state index contributed by atoms with van der Waals surface area (Å²) in [5, 5.41) is 3.68. The second-order valence-corrected chi connectivity index (χ2v) is 11.1. The third-order valence-electron chi connectivity index (χ3n) is 6.22. The highest BCUT2D eigenvalue weighted by molar-refractivity contribution is 14.1. The summed E-state index contributed by atoms with van der Waals surface area (Å²) < 4.78 is 2.97. The number of hydrogen-bond donors (Lipinski definition) is 1. The van der Waals surface area contributed by atoms with E-state index in [4.69, 9.17) is 0 Å². The minimum Gasteiger partial charge on any atom is -0.348 e. The monoisotopic (exact) mass is 621 g/mol. The van der Waals surface area contributed by atoms with Crippen molar-refractivity contribution in [3.8, 4) is 0 Å². The largest absolute Gasteiger partial charge is 0.348 e. The molecule has 3 aromatic carbocycles. The van der Waals surface area contributed by atoms with E-state index in [1.165, 1.54) is 4.90 Å². The van der Waals surface area contributed by atoms with Crippen LogP contribution in [0.2, 0.25) is 0 Å². The van der Waals surface area contributed by atoms with Crippen molar-refractivity contribution in [3.05, 3.63) is 110 Å². The van der Waals surface area contributed by atoms with Crippen LogP contribution in [0.25, 0.3) is 17.0 Å². The van der Waals surface area contributed by atoms with Crippen molar-refractivity contribution in [2.75, 3.05) is 0 Å². The zero-order valence-electron chi connectivity index (χ0n) is 20.1. The van der Waals surface area contributed by atoms with Crippen molar-refractivity contribution in [3.63, 3.8) is 0 Å². The molecule has 8 heteroatoms. The number of hydrogen-bond acceptors (Lipinski definition) is 4. The fraction of sp³-hybridized carbons (Fsp3) is 0.138. The number of amides is 3. The average Bonchev–Trinajstić information content (AvgIpc) is 3.37. The number of para-hydroxylation sites is 1. The van der Waals surface area contributed by atoms with Crippen molar-refractivity contribution >= 4 is 68.4 Å². The Morgan fingerprint density at radius 3 is 2.46 bits per heavy atom. The van der Waals surface area contributed by atoms with Gasteiger partial charge in [-0.2, -0.15) is 0 Å². The Morgan fingerprint density at radius 1 is 1.00 bits per heavy atom. The third kappa shape index (κ3) is 5.65. The molecule has 0 bridgehead atoms. The predicted molar refractivity (Wildman–Crippen MR) is 156 cm³/mol. The van der Waals surface area contributed by atoms with Crippen LogP contribution in [0.1, 0.15) is 29.7 Å². The number of nitrogens with zero attached hydrogens (tertiary/aromatic N) is 2. The molecule has 1 atom stereocenters. The second kappa shape index (κ2) is 10.9. The SMILES string of the molecule is CC(NC(=O)Cn1cc(/C=C2\SC(=O)N(Cc3ccc(I)cc3)C2=O)c2ccccc21)c1ccccc1. The van der Waals surface area contributed by atoms with Gasteiger partial charge in [0.2, 0.25) is 5.91 Å². The molecule has 3 amide bonds. The molecule has 37 heavy (non-hydrogen) atoms. The average molecular weight is 622 g/mol. The van der Waals surface area contributed by atoms with Gasteiger partial charge in [-0.3, -0.25) is 19.3 Å². The third-order valence-corrected chi connectivity index (χ3v) is 7.85. The number of aromatic nitrogens is 1. The number of thioether (sulfide) groups is 1. The van der Waals surface area contributed by atoms with Crippen LogP contribution in [-0.2, 0) is 22.7 Å². The van der Waals surface area contributed by atoms with Crippen LogP contribution >= 0.6 is 34.4 Å². The Balaban J connectivity index is 1.36. The Kier molecular flexibility index (Phi) is 7.48. The van der Waals surface area contributed by atoms with Gasteiger partial charge < -0.3 is 9.88 Å². The summed E-state index contributed by atoms with van der Waals surface area (Å²) in [6, 6.07) is 25.2. The quantitative estimate of drug-likeness (QED) is 0.193. The highest BCUT2D eigenvalue weighted by Gasteiger charge is 2.35. The molecular formula is C29H24IN3O3S. The molecule has 186 valence electrons. The molecule has 0 aliphatic carbocycles. The van der Waals surface area contributed by atoms with Gasteiger partial charge in [-0.15, -0.1) is 0 Å². The standard InChI is InChI=1S/C29H24IN3O3S/c1-19(21-7-3-2-4-8-21)31-27(34)18-32-17-22(24-9-5-6-10-25(24)32)15-26-28(35)33(29(36)37-26)16-20-11-13-23(30)14-12-20/h2-15,17,19H,16,18H2,1H3,(H,31,34)/b26-15-. The highest BCUT2D eigenvalue weighted by Crippen LogP contribution is 2.35. The first-order chi connectivity index (χ1) is 17.9. The minimum absolute atomic E-state index is 0.110. The molecule has 1 unspecified atom stereocenters. The molecular weight excluding hydrogens is 597 g/mol. The van der Waals surface area contributed by atoms with Crippen LogP contribution in [0.15, 0.2) is 90.0 Å². The zero-order chi connectivity index (χ0) is 25.9. The topological polar surface area (TPSA) is 71.4 Å². The fourth-order valence-electron chi connectivity index (χ4n) is 4.34. The van der Waals surface area contributed by atoms with Crippen LogP contribution < -0.4 is 5.32 Å². The first kappa shape index (κ1) is 25.3. The van der Waals surface area contributed by atoms with E-state index in [1.807, 2.05) is 96.6 Å². The normalized spacial score (nSPS) is 15.5. The van der Waals surface area contributed by atoms with E-state index in [1.54, 1.807) is 6.08 Å². The molecule has 4 aromatic rings. The van der Waals surface area contributed by atoms with Gasteiger partial charge in [0.25, 0.3) is 11.1 Å². The smallest absolute Gasteiger partial charge is 0.293 e. The summed E-state index contributed by atoms with van der Waals surface area (Å²) in [6.45, 7) is 2.33. The van der Waals surface area contributed by atoms with Gasteiger partial charge >= 0.3 is 0 Å². The van der Waals surface area contributed by atoms with E-state index in [-0.39, 0.29) is 36.2 Å². The van der Waals surface area contributed by atoms with E-state index < -0.39 is 0 Å². The molecule has 1 saturated heterocycles. The summed E-state index contributed by atoms with van der Waals surface area (Å²) in [5.74, 6) is -0.415. The molecule has 1 aliphatic rings. The van der Waals surface area contributed by atoms with E-state index >= 15 is 0 Å². The van der Waals surface area contributed by atoms with Crippen LogP contribution in [0, 0.1) is 3.57 Å². The summed E-state index contributed by atoms with van der Waals surface area (Å²) in [7, 11) is 0.